The fourth-order valence-corrected chi connectivity index (χ4v) is 5.12. The standard InChI is InChI=1S/C12H20N2O2S2/c1-4-5-6-12(13)9(17)14-7(8(15)16)11(2,3)18-10(12)14/h7,10H,4-6,13H2,1-3H3,(H,15,16)/t7-,10+,12?/m0/s1. The number of carbonyl (C=O) groups is 1. The molecule has 0 amide bonds. The van der Waals surface area contributed by atoms with Gasteiger partial charge in [-0.2, -0.15) is 0 Å². The summed E-state index contributed by atoms with van der Waals surface area (Å²) >= 11 is 7.04. The van der Waals surface area contributed by atoms with E-state index in [0.717, 1.165) is 19.3 Å². The molecule has 1 unspecified atom stereocenters. The van der Waals surface area contributed by atoms with E-state index >= 15 is 0 Å². The van der Waals surface area contributed by atoms with Gasteiger partial charge in [0.1, 0.15) is 16.4 Å². The lowest BCUT2D eigenvalue weighted by molar-refractivity contribution is -0.143. The third-order valence-corrected chi connectivity index (χ3v) is 6.15. The number of aliphatic carboxylic acids is 1. The van der Waals surface area contributed by atoms with Crippen molar-refractivity contribution in [1.29, 1.82) is 0 Å². The molecule has 3 atom stereocenters. The first kappa shape index (κ1) is 14.1. The van der Waals surface area contributed by atoms with Crippen LogP contribution in [-0.2, 0) is 4.79 Å². The molecule has 0 aromatic rings. The molecule has 0 aromatic heterocycles. The lowest BCUT2D eigenvalue weighted by atomic mass is 9.82. The van der Waals surface area contributed by atoms with E-state index in [1.54, 1.807) is 11.8 Å². The highest BCUT2D eigenvalue weighted by Gasteiger charge is 2.67. The van der Waals surface area contributed by atoms with Crippen LogP contribution in [0.3, 0.4) is 0 Å². The van der Waals surface area contributed by atoms with Crippen LogP contribution in [0.25, 0.3) is 0 Å². The molecule has 0 saturated carbocycles. The molecule has 18 heavy (non-hydrogen) atoms. The van der Waals surface area contributed by atoms with Gasteiger partial charge in [-0.05, 0) is 20.3 Å². The zero-order chi connectivity index (χ0) is 13.7. The summed E-state index contributed by atoms with van der Waals surface area (Å²) in [6.07, 6.45) is 2.95. The van der Waals surface area contributed by atoms with Crippen LogP contribution in [0.2, 0.25) is 0 Å². The van der Waals surface area contributed by atoms with Crippen LogP contribution in [-0.4, -0.2) is 42.7 Å². The number of unbranched alkanes of at least 4 members (excludes halogenated alkanes) is 1. The number of rotatable bonds is 4. The molecule has 0 aliphatic carbocycles. The molecule has 2 rings (SSSR count). The van der Waals surface area contributed by atoms with Crippen molar-refractivity contribution in [1.82, 2.24) is 4.90 Å². The summed E-state index contributed by atoms with van der Waals surface area (Å²) in [5.41, 5.74) is 5.92. The van der Waals surface area contributed by atoms with E-state index in [2.05, 4.69) is 6.92 Å². The first-order valence-electron chi connectivity index (χ1n) is 6.28. The van der Waals surface area contributed by atoms with Crippen LogP contribution >= 0.6 is 24.0 Å². The second-order valence-electron chi connectivity index (χ2n) is 5.67. The van der Waals surface area contributed by atoms with Crippen LogP contribution in [0.1, 0.15) is 40.0 Å². The molecule has 2 heterocycles. The van der Waals surface area contributed by atoms with E-state index < -0.39 is 17.6 Å². The van der Waals surface area contributed by atoms with E-state index in [1.807, 2.05) is 18.7 Å². The van der Waals surface area contributed by atoms with Crippen LogP contribution in [0, 0.1) is 0 Å². The van der Waals surface area contributed by atoms with Crippen molar-refractivity contribution in [2.75, 3.05) is 0 Å². The van der Waals surface area contributed by atoms with Gasteiger partial charge in [0.05, 0.1) is 5.54 Å². The van der Waals surface area contributed by atoms with Gasteiger partial charge in [0.15, 0.2) is 0 Å². The summed E-state index contributed by atoms with van der Waals surface area (Å²) in [7, 11) is 0. The largest absolute Gasteiger partial charge is 0.480 e. The maximum Gasteiger partial charge on any atom is 0.327 e. The first-order valence-corrected chi connectivity index (χ1v) is 7.56. The number of thioether (sulfide) groups is 1. The second kappa shape index (κ2) is 4.35. The average Bonchev–Trinajstić information content (AvgIpc) is 2.55. The SMILES string of the molecule is CCCCC1(N)C(=S)N2[C@@H](C(=O)O)C(C)(C)S[C@@H]21. The number of fused-ring (bicyclic) bond motifs is 1. The van der Waals surface area contributed by atoms with Gasteiger partial charge in [-0.3, -0.25) is 0 Å². The maximum atomic E-state index is 11.4. The predicted molar refractivity (Wildman–Crippen MR) is 77.8 cm³/mol. The molecular weight excluding hydrogens is 268 g/mol. The first-order chi connectivity index (χ1) is 8.25. The number of hydrogen-bond donors (Lipinski definition) is 2. The average molecular weight is 288 g/mol. The van der Waals surface area contributed by atoms with Crippen molar-refractivity contribution in [3.8, 4) is 0 Å². The molecule has 102 valence electrons. The molecule has 4 nitrogen and oxygen atoms in total. The third-order valence-electron chi connectivity index (χ3n) is 3.86. The van der Waals surface area contributed by atoms with Gasteiger partial charge in [-0.1, -0.05) is 32.0 Å². The van der Waals surface area contributed by atoms with Gasteiger partial charge in [0.25, 0.3) is 0 Å². The fourth-order valence-electron chi connectivity index (χ4n) is 2.85. The lowest BCUT2D eigenvalue weighted by Crippen LogP contribution is -2.76. The highest BCUT2D eigenvalue weighted by Crippen LogP contribution is 2.55. The number of nitrogens with zero attached hydrogens (tertiary/aromatic N) is 1. The van der Waals surface area contributed by atoms with Crippen molar-refractivity contribution >= 4 is 34.9 Å². The van der Waals surface area contributed by atoms with Crippen molar-refractivity contribution in [3.05, 3.63) is 0 Å². The summed E-state index contributed by atoms with van der Waals surface area (Å²) in [4.78, 5) is 13.9. The smallest absolute Gasteiger partial charge is 0.327 e. The Hall–Kier alpha value is -0.330. The van der Waals surface area contributed by atoms with Gasteiger partial charge in [-0.25, -0.2) is 4.79 Å². The number of carboxylic acids is 1. The normalized spacial score (nSPS) is 37.3. The topological polar surface area (TPSA) is 66.6 Å². The van der Waals surface area contributed by atoms with Crippen LogP contribution in [0.4, 0.5) is 0 Å². The van der Waals surface area contributed by atoms with E-state index in [1.165, 1.54) is 0 Å². The van der Waals surface area contributed by atoms with Gasteiger partial charge >= 0.3 is 5.97 Å². The van der Waals surface area contributed by atoms with Gasteiger partial charge in [-0.15, -0.1) is 11.8 Å². The van der Waals surface area contributed by atoms with Crippen LogP contribution < -0.4 is 5.73 Å². The van der Waals surface area contributed by atoms with Crippen molar-refractivity contribution in [2.45, 2.75) is 61.7 Å². The number of thiocarbonyl (C=S) groups is 1. The van der Waals surface area contributed by atoms with E-state index in [4.69, 9.17) is 18.0 Å². The quantitative estimate of drug-likeness (QED) is 0.769. The zero-order valence-electron chi connectivity index (χ0n) is 11.0. The Bertz CT molecular complexity index is 400. The molecule has 0 spiro atoms. The lowest BCUT2D eigenvalue weighted by Gasteiger charge is -2.54. The molecule has 6 heteroatoms. The minimum absolute atomic E-state index is 0.0210. The van der Waals surface area contributed by atoms with E-state index in [9.17, 15) is 9.90 Å². The highest BCUT2D eigenvalue weighted by atomic mass is 32.2. The van der Waals surface area contributed by atoms with Crippen molar-refractivity contribution in [3.63, 3.8) is 0 Å². The van der Waals surface area contributed by atoms with Crippen molar-refractivity contribution < 1.29 is 9.90 Å². The molecule has 2 aliphatic rings. The minimum Gasteiger partial charge on any atom is -0.480 e. The number of carboxylic acid groups (broad SMARTS) is 1. The zero-order valence-corrected chi connectivity index (χ0v) is 12.6. The van der Waals surface area contributed by atoms with E-state index in [0.29, 0.717) is 4.99 Å². The number of hydrogen-bond acceptors (Lipinski definition) is 4. The Balaban J connectivity index is 2.24. The van der Waals surface area contributed by atoms with Gasteiger partial charge < -0.3 is 15.7 Å². The Kier molecular flexibility index (Phi) is 3.41. The Morgan fingerprint density at radius 3 is 2.72 bits per heavy atom. The fraction of sp³-hybridized carbons (Fsp3) is 0.833. The monoisotopic (exact) mass is 288 g/mol. The minimum atomic E-state index is -0.810. The van der Waals surface area contributed by atoms with Crippen molar-refractivity contribution in [2.24, 2.45) is 5.73 Å². The van der Waals surface area contributed by atoms with Gasteiger partial charge in [0, 0.05) is 4.75 Å². The summed E-state index contributed by atoms with van der Waals surface area (Å²) in [5, 5.41) is 9.40. The maximum absolute atomic E-state index is 11.4. The summed E-state index contributed by atoms with van der Waals surface area (Å²) < 4.78 is -0.353. The Morgan fingerprint density at radius 1 is 1.61 bits per heavy atom. The Morgan fingerprint density at radius 2 is 2.22 bits per heavy atom. The molecule has 0 radical (unpaired) electrons. The molecule has 3 N–H and O–H groups in total. The summed E-state index contributed by atoms with van der Waals surface area (Å²) in [6, 6.07) is -0.557. The van der Waals surface area contributed by atoms with Crippen LogP contribution in [0.5, 0.6) is 0 Å². The molecular formula is C12H20N2O2S2. The van der Waals surface area contributed by atoms with E-state index in [-0.39, 0.29) is 10.1 Å². The summed E-state index contributed by atoms with van der Waals surface area (Å²) in [5.74, 6) is -0.810. The van der Waals surface area contributed by atoms with Crippen LogP contribution in [0.15, 0.2) is 0 Å². The number of nitrogens with two attached hydrogens (primary N) is 1. The molecule has 2 aliphatic heterocycles. The highest BCUT2D eigenvalue weighted by molar-refractivity contribution is 8.02. The summed E-state index contributed by atoms with van der Waals surface area (Å²) in [6.45, 7) is 6.03. The Labute approximate surface area is 117 Å². The molecule has 0 aromatic carbocycles. The van der Waals surface area contributed by atoms with Gasteiger partial charge in [0.2, 0.25) is 0 Å². The molecule has 2 saturated heterocycles. The third kappa shape index (κ3) is 1.77. The predicted octanol–water partition coefficient (Wildman–Crippen LogP) is 1.82. The molecule has 2 fully saturated rings. The molecule has 0 bridgehead atoms. The second-order valence-corrected chi connectivity index (χ2v) is 7.79.